The second kappa shape index (κ2) is 5.99. The van der Waals surface area contributed by atoms with E-state index in [0.717, 1.165) is 12.8 Å². The van der Waals surface area contributed by atoms with Crippen LogP contribution in [0.3, 0.4) is 0 Å². The van der Waals surface area contributed by atoms with Crippen LogP contribution in [-0.2, 0) is 4.79 Å². The van der Waals surface area contributed by atoms with Crippen molar-refractivity contribution in [2.75, 3.05) is 5.32 Å². The largest absolute Gasteiger partial charge is 0.326 e. The summed E-state index contributed by atoms with van der Waals surface area (Å²) >= 11 is 3.06. The van der Waals surface area contributed by atoms with Crippen LogP contribution in [-0.4, -0.2) is 5.91 Å². The van der Waals surface area contributed by atoms with Gasteiger partial charge in [-0.15, -0.1) is 0 Å². The van der Waals surface area contributed by atoms with Crippen LogP contribution in [0.2, 0.25) is 0 Å². The van der Waals surface area contributed by atoms with E-state index in [0.29, 0.717) is 10.2 Å². The molecular weight excluding hydrogens is 273 g/mol. The first kappa shape index (κ1) is 13.2. The zero-order valence-corrected chi connectivity index (χ0v) is 11.0. The van der Waals surface area contributed by atoms with Crippen molar-refractivity contribution in [1.82, 2.24) is 0 Å². The maximum Gasteiger partial charge on any atom is 0.227 e. The van der Waals surface area contributed by atoms with Gasteiger partial charge in [0.25, 0.3) is 0 Å². The van der Waals surface area contributed by atoms with Gasteiger partial charge in [-0.3, -0.25) is 4.79 Å². The highest BCUT2D eigenvalue weighted by atomic mass is 79.9. The Balaban J connectivity index is 2.66. The van der Waals surface area contributed by atoms with Gasteiger partial charge in [0.15, 0.2) is 0 Å². The molecule has 1 N–H and O–H groups in total. The summed E-state index contributed by atoms with van der Waals surface area (Å²) in [6.45, 7) is 3.90. The third-order valence-corrected chi connectivity index (χ3v) is 3.00. The van der Waals surface area contributed by atoms with Crippen molar-refractivity contribution >= 4 is 27.5 Å². The summed E-state index contributed by atoms with van der Waals surface area (Å²) in [4.78, 5) is 11.7. The number of hydrogen-bond donors (Lipinski definition) is 1. The molecule has 1 aromatic carbocycles. The summed E-state index contributed by atoms with van der Waals surface area (Å²) in [6, 6.07) is 4.56. The van der Waals surface area contributed by atoms with E-state index in [4.69, 9.17) is 0 Å². The van der Waals surface area contributed by atoms with Crippen LogP contribution in [0.25, 0.3) is 0 Å². The Hall–Kier alpha value is -0.900. The van der Waals surface area contributed by atoms with Crippen molar-refractivity contribution in [3.8, 4) is 0 Å². The van der Waals surface area contributed by atoms with E-state index >= 15 is 0 Å². The lowest BCUT2D eigenvalue weighted by molar-refractivity contribution is -0.119. The average molecular weight is 288 g/mol. The number of amides is 1. The molecule has 0 heterocycles. The van der Waals surface area contributed by atoms with E-state index in [9.17, 15) is 9.18 Å². The van der Waals surface area contributed by atoms with Crippen molar-refractivity contribution in [3.05, 3.63) is 28.5 Å². The van der Waals surface area contributed by atoms with E-state index in [-0.39, 0.29) is 17.6 Å². The molecule has 0 saturated carbocycles. The van der Waals surface area contributed by atoms with E-state index < -0.39 is 0 Å². The predicted octanol–water partition coefficient (Wildman–Crippen LogP) is 3.96. The van der Waals surface area contributed by atoms with Gasteiger partial charge in [0.1, 0.15) is 5.82 Å². The summed E-state index contributed by atoms with van der Waals surface area (Å²) in [7, 11) is 0. The zero-order chi connectivity index (χ0) is 12.1. The molecule has 0 spiro atoms. The third kappa shape index (κ3) is 3.59. The molecule has 0 fully saturated rings. The van der Waals surface area contributed by atoms with Crippen molar-refractivity contribution in [2.45, 2.75) is 26.7 Å². The van der Waals surface area contributed by atoms with Crippen LogP contribution in [0.4, 0.5) is 10.1 Å². The summed E-state index contributed by atoms with van der Waals surface area (Å²) < 4.78 is 13.6. The number of rotatable bonds is 4. The van der Waals surface area contributed by atoms with Gasteiger partial charge in [-0.05, 0) is 40.5 Å². The van der Waals surface area contributed by atoms with Gasteiger partial charge in [0.05, 0.1) is 4.47 Å². The second-order valence-electron chi connectivity index (χ2n) is 3.81. The fourth-order valence-corrected chi connectivity index (χ4v) is 1.65. The van der Waals surface area contributed by atoms with Gasteiger partial charge < -0.3 is 5.32 Å². The Morgan fingerprint density at radius 2 is 2.25 bits per heavy atom. The summed E-state index contributed by atoms with van der Waals surface area (Å²) in [5.74, 6) is -0.485. The number of nitrogens with one attached hydrogen (secondary N) is 1. The molecule has 0 aliphatic heterocycles. The Kier molecular flexibility index (Phi) is 4.93. The normalized spacial score (nSPS) is 12.2. The Bertz CT molecular complexity index is 381. The Morgan fingerprint density at radius 3 is 2.81 bits per heavy atom. The lowest BCUT2D eigenvalue weighted by Gasteiger charge is -2.11. The van der Waals surface area contributed by atoms with Gasteiger partial charge in [-0.2, -0.15) is 0 Å². The predicted molar refractivity (Wildman–Crippen MR) is 66.8 cm³/mol. The highest BCUT2D eigenvalue weighted by molar-refractivity contribution is 9.10. The van der Waals surface area contributed by atoms with E-state index in [1.165, 1.54) is 6.07 Å². The molecule has 1 unspecified atom stereocenters. The highest BCUT2D eigenvalue weighted by Gasteiger charge is 2.12. The second-order valence-corrected chi connectivity index (χ2v) is 4.66. The fourth-order valence-electron chi connectivity index (χ4n) is 1.40. The van der Waals surface area contributed by atoms with Gasteiger partial charge in [-0.1, -0.05) is 20.3 Å². The van der Waals surface area contributed by atoms with E-state index in [2.05, 4.69) is 21.2 Å². The molecule has 0 aromatic heterocycles. The van der Waals surface area contributed by atoms with Crippen LogP contribution in [0, 0.1) is 11.7 Å². The van der Waals surface area contributed by atoms with Crippen LogP contribution >= 0.6 is 15.9 Å². The van der Waals surface area contributed by atoms with Gasteiger partial charge >= 0.3 is 0 Å². The van der Waals surface area contributed by atoms with Crippen molar-refractivity contribution in [2.24, 2.45) is 5.92 Å². The SMILES string of the molecule is CCCC(C)C(=O)Nc1ccc(Br)c(F)c1. The minimum absolute atomic E-state index is 0.0447. The van der Waals surface area contributed by atoms with Gasteiger partial charge in [0.2, 0.25) is 5.91 Å². The lowest BCUT2D eigenvalue weighted by Crippen LogP contribution is -2.20. The van der Waals surface area contributed by atoms with Gasteiger partial charge in [-0.25, -0.2) is 4.39 Å². The van der Waals surface area contributed by atoms with Gasteiger partial charge in [0, 0.05) is 11.6 Å². The first-order valence-electron chi connectivity index (χ1n) is 5.30. The summed E-state index contributed by atoms with van der Waals surface area (Å²) in [5.41, 5.74) is 0.494. The smallest absolute Gasteiger partial charge is 0.227 e. The minimum atomic E-state index is -0.374. The molecule has 0 aliphatic carbocycles. The number of benzene rings is 1. The maximum atomic E-state index is 13.2. The molecule has 0 bridgehead atoms. The monoisotopic (exact) mass is 287 g/mol. The third-order valence-electron chi connectivity index (χ3n) is 2.36. The first-order chi connectivity index (χ1) is 7.54. The molecule has 1 atom stereocenters. The number of hydrogen-bond acceptors (Lipinski definition) is 1. The Labute approximate surface area is 103 Å². The molecule has 0 aliphatic rings. The van der Waals surface area contributed by atoms with Crippen LogP contribution in [0.15, 0.2) is 22.7 Å². The average Bonchev–Trinajstić information content (AvgIpc) is 2.24. The highest BCUT2D eigenvalue weighted by Crippen LogP contribution is 2.20. The number of anilines is 1. The van der Waals surface area contributed by atoms with E-state index in [1.54, 1.807) is 12.1 Å². The number of carbonyl (C=O) groups excluding carboxylic acids is 1. The minimum Gasteiger partial charge on any atom is -0.326 e. The summed E-state index contributed by atoms with van der Waals surface area (Å²) in [6.07, 6.45) is 1.80. The summed E-state index contributed by atoms with van der Waals surface area (Å²) in [5, 5.41) is 2.69. The molecule has 1 rings (SSSR count). The molecule has 1 aromatic rings. The van der Waals surface area contributed by atoms with Crippen molar-refractivity contribution < 1.29 is 9.18 Å². The quantitative estimate of drug-likeness (QED) is 0.892. The molecule has 0 saturated heterocycles. The first-order valence-corrected chi connectivity index (χ1v) is 6.09. The molecular formula is C12H15BrFNO. The lowest BCUT2D eigenvalue weighted by atomic mass is 10.1. The van der Waals surface area contributed by atoms with Crippen LogP contribution in [0.5, 0.6) is 0 Å². The van der Waals surface area contributed by atoms with Crippen LogP contribution in [0.1, 0.15) is 26.7 Å². The van der Waals surface area contributed by atoms with Crippen molar-refractivity contribution in [1.29, 1.82) is 0 Å². The van der Waals surface area contributed by atoms with Crippen molar-refractivity contribution in [3.63, 3.8) is 0 Å². The molecule has 1 amide bonds. The standard InChI is InChI=1S/C12H15BrFNO/c1-3-4-8(2)12(16)15-9-5-6-10(13)11(14)7-9/h5-8H,3-4H2,1-2H3,(H,15,16). The molecule has 2 nitrogen and oxygen atoms in total. The molecule has 4 heteroatoms. The maximum absolute atomic E-state index is 13.2. The molecule has 0 radical (unpaired) electrons. The number of carbonyl (C=O) groups is 1. The fraction of sp³-hybridized carbons (Fsp3) is 0.417. The zero-order valence-electron chi connectivity index (χ0n) is 9.39. The Morgan fingerprint density at radius 1 is 1.56 bits per heavy atom. The molecule has 16 heavy (non-hydrogen) atoms. The topological polar surface area (TPSA) is 29.1 Å². The number of halogens is 2. The van der Waals surface area contributed by atoms with Crippen LogP contribution < -0.4 is 5.32 Å². The van der Waals surface area contributed by atoms with E-state index in [1.807, 2.05) is 13.8 Å². The molecule has 88 valence electrons.